The minimum absolute atomic E-state index is 0.240. The van der Waals surface area contributed by atoms with Gasteiger partial charge < -0.3 is 0 Å². The molecule has 0 N–H and O–H groups in total. The minimum atomic E-state index is -0.569. The SMILES string of the molecule is Cc1ccc(C(=S)c2ccc(F)cc2)cc1.O=C(Cl)c1ccc(F)cc1. The molecule has 132 valence electrons. The average molecular weight is 389 g/mol. The number of carbonyl (C=O) groups excluding carboxylic acids is 1. The van der Waals surface area contributed by atoms with Crippen molar-refractivity contribution in [3.8, 4) is 0 Å². The fraction of sp³-hybridized carbons (Fsp3) is 0.0476. The molecule has 0 amide bonds. The predicted molar refractivity (Wildman–Crippen MR) is 105 cm³/mol. The Hall–Kier alpha value is -2.43. The van der Waals surface area contributed by atoms with Gasteiger partial charge in [0.1, 0.15) is 11.6 Å². The minimum Gasteiger partial charge on any atom is -0.276 e. The Balaban J connectivity index is 0.000000209. The van der Waals surface area contributed by atoms with E-state index in [-0.39, 0.29) is 11.6 Å². The van der Waals surface area contributed by atoms with Crippen molar-refractivity contribution in [2.75, 3.05) is 0 Å². The topological polar surface area (TPSA) is 17.1 Å². The lowest BCUT2D eigenvalue weighted by molar-refractivity contribution is 0.108. The van der Waals surface area contributed by atoms with Crippen LogP contribution < -0.4 is 0 Å². The van der Waals surface area contributed by atoms with E-state index in [9.17, 15) is 13.6 Å². The van der Waals surface area contributed by atoms with Crippen LogP contribution in [0.15, 0.2) is 72.8 Å². The summed E-state index contributed by atoms with van der Waals surface area (Å²) < 4.78 is 25.0. The van der Waals surface area contributed by atoms with Crippen LogP contribution in [0.4, 0.5) is 8.78 Å². The highest BCUT2D eigenvalue weighted by Crippen LogP contribution is 2.13. The first-order chi connectivity index (χ1) is 12.4. The first-order valence-corrected chi connectivity index (χ1v) is 8.48. The summed E-state index contributed by atoms with van der Waals surface area (Å²) in [6.45, 7) is 2.03. The predicted octanol–water partition coefficient (Wildman–Crippen LogP) is 6.11. The zero-order chi connectivity index (χ0) is 19.1. The highest BCUT2D eigenvalue weighted by Gasteiger charge is 2.04. The summed E-state index contributed by atoms with van der Waals surface area (Å²) in [6.07, 6.45) is 0. The standard InChI is InChI=1S/C14H11FS.C7H4ClFO/c1-10-2-4-11(5-3-10)14(16)12-6-8-13(15)9-7-12;8-7(10)5-1-3-6(9)4-2-5/h2-9H,1H3;1-4H. The van der Waals surface area contributed by atoms with Crippen molar-refractivity contribution in [1.29, 1.82) is 0 Å². The Kier molecular flexibility index (Phi) is 7.13. The molecule has 0 aliphatic rings. The highest BCUT2D eigenvalue weighted by atomic mass is 35.5. The summed E-state index contributed by atoms with van der Waals surface area (Å²) in [4.78, 5) is 11.1. The maximum Gasteiger partial charge on any atom is 0.252 e. The van der Waals surface area contributed by atoms with Gasteiger partial charge in [-0.3, -0.25) is 4.79 Å². The number of benzene rings is 3. The summed E-state index contributed by atoms with van der Waals surface area (Å²) >= 11 is 10.4. The van der Waals surface area contributed by atoms with Gasteiger partial charge in [-0.15, -0.1) is 0 Å². The molecule has 0 aromatic heterocycles. The van der Waals surface area contributed by atoms with Gasteiger partial charge in [0.2, 0.25) is 0 Å². The second-order valence-electron chi connectivity index (χ2n) is 5.48. The Bertz CT molecular complexity index is 841. The lowest BCUT2D eigenvalue weighted by Gasteiger charge is -2.04. The molecule has 0 bridgehead atoms. The molecule has 3 rings (SSSR count). The fourth-order valence-corrected chi connectivity index (χ4v) is 2.45. The molecule has 5 heteroatoms. The zero-order valence-corrected chi connectivity index (χ0v) is 15.5. The van der Waals surface area contributed by atoms with E-state index < -0.39 is 5.24 Å². The second-order valence-corrected chi connectivity index (χ2v) is 6.23. The van der Waals surface area contributed by atoms with Gasteiger partial charge in [-0.05, 0) is 66.0 Å². The fourth-order valence-electron chi connectivity index (χ4n) is 2.05. The molecule has 0 atom stereocenters. The molecule has 0 aliphatic heterocycles. The molecule has 0 fully saturated rings. The summed E-state index contributed by atoms with van der Waals surface area (Å²) in [6, 6.07) is 19.3. The third kappa shape index (κ3) is 5.83. The van der Waals surface area contributed by atoms with Gasteiger partial charge in [-0.25, -0.2) is 8.78 Å². The maximum absolute atomic E-state index is 12.8. The first kappa shape index (κ1) is 19.9. The Labute approximate surface area is 161 Å². The van der Waals surface area contributed by atoms with E-state index in [1.165, 1.54) is 42.0 Å². The molecule has 0 saturated carbocycles. The largest absolute Gasteiger partial charge is 0.276 e. The lowest BCUT2D eigenvalue weighted by atomic mass is 10.0. The molecular weight excluding hydrogens is 374 g/mol. The van der Waals surface area contributed by atoms with Crippen LogP contribution in [0.3, 0.4) is 0 Å². The molecule has 0 aliphatic carbocycles. The summed E-state index contributed by atoms with van der Waals surface area (Å²) in [5.41, 5.74) is 3.38. The smallest absolute Gasteiger partial charge is 0.252 e. The number of aryl methyl sites for hydroxylation is 1. The van der Waals surface area contributed by atoms with E-state index in [1.807, 2.05) is 31.2 Å². The van der Waals surface area contributed by atoms with Gasteiger partial charge in [-0.1, -0.05) is 54.2 Å². The molecule has 1 nitrogen and oxygen atoms in total. The van der Waals surface area contributed by atoms with Gasteiger partial charge >= 0.3 is 0 Å². The molecule has 3 aromatic carbocycles. The van der Waals surface area contributed by atoms with E-state index in [2.05, 4.69) is 0 Å². The van der Waals surface area contributed by atoms with E-state index in [0.29, 0.717) is 5.56 Å². The van der Waals surface area contributed by atoms with Crippen LogP contribution in [0.25, 0.3) is 0 Å². The van der Waals surface area contributed by atoms with Crippen molar-refractivity contribution < 1.29 is 13.6 Å². The number of hydrogen-bond acceptors (Lipinski definition) is 2. The number of rotatable bonds is 3. The Morgan fingerprint density at radius 1 is 0.731 bits per heavy atom. The van der Waals surface area contributed by atoms with Gasteiger partial charge in [0.15, 0.2) is 0 Å². The summed E-state index contributed by atoms with van der Waals surface area (Å²) in [7, 11) is 0. The molecule has 26 heavy (non-hydrogen) atoms. The van der Waals surface area contributed by atoms with Crippen LogP contribution in [-0.4, -0.2) is 10.1 Å². The van der Waals surface area contributed by atoms with Crippen molar-refractivity contribution in [2.24, 2.45) is 0 Å². The number of carbonyl (C=O) groups is 1. The van der Waals surface area contributed by atoms with E-state index in [1.54, 1.807) is 12.1 Å². The van der Waals surface area contributed by atoms with E-state index >= 15 is 0 Å². The molecule has 0 spiro atoms. The van der Waals surface area contributed by atoms with E-state index in [4.69, 9.17) is 23.8 Å². The second kappa shape index (κ2) is 9.32. The van der Waals surface area contributed by atoms with Crippen LogP contribution >= 0.6 is 23.8 Å². The first-order valence-electron chi connectivity index (χ1n) is 7.69. The summed E-state index contributed by atoms with van der Waals surface area (Å²) in [5, 5.41) is -0.569. The van der Waals surface area contributed by atoms with Crippen LogP contribution in [-0.2, 0) is 0 Å². The molecule has 0 heterocycles. The molecule has 3 aromatic rings. The molecule has 0 saturated heterocycles. The van der Waals surface area contributed by atoms with Gasteiger partial charge in [0.05, 0.1) is 4.86 Å². The third-order valence-electron chi connectivity index (χ3n) is 3.49. The van der Waals surface area contributed by atoms with Gasteiger partial charge in [0, 0.05) is 5.56 Å². The number of hydrogen-bond donors (Lipinski definition) is 0. The van der Waals surface area contributed by atoms with Gasteiger partial charge in [0.25, 0.3) is 5.24 Å². The van der Waals surface area contributed by atoms with Crippen molar-refractivity contribution in [2.45, 2.75) is 6.92 Å². The van der Waals surface area contributed by atoms with Crippen LogP contribution in [0.5, 0.6) is 0 Å². The quantitative estimate of drug-likeness (QED) is 0.306. The van der Waals surface area contributed by atoms with Crippen molar-refractivity contribution >= 4 is 33.9 Å². The highest BCUT2D eigenvalue weighted by molar-refractivity contribution is 7.81. The number of thiocarbonyl (C=S) groups is 1. The molecule has 0 unspecified atom stereocenters. The van der Waals surface area contributed by atoms with Crippen LogP contribution in [0, 0.1) is 18.6 Å². The van der Waals surface area contributed by atoms with Crippen molar-refractivity contribution in [3.05, 3.63) is 107 Å². The number of halogens is 3. The molecule has 0 radical (unpaired) electrons. The van der Waals surface area contributed by atoms with Crippen molar-refractivity contribution in [1.82, 2.24) is 0 Å². The Morgan fingerprint density at radius 3 is 1.46 bits per heavy atom. The van der Waals surface area contributed by atoms with Crippen LogP contribution in [0.2, 0.25) is 0 Å². The normalized spacial score (nSPS) is 9.85. The lowest BCUT2D eigenvalue weighted by Crippen LogP contribution is -1.99. The summed E-state index contributed by atoms with van der Waals surface area (Å²) in [5.74, 6) is -0.614. The maximum atomic E-state index is 12.8. The Morgan fingerprint density at radius 2 is 1.08 bits per heavy atom. The van der Waals surface area contributed by atoms with Crippen LogP contribution in [0.1, 0.15) is 27.0 Å². The third-order valence-corrected chi connectivity index (χ3v) is 4.18. The van der Waals surface area contributed by atoms with Gasteiger partial charge in [-0.2, -0.15) is 0 Å². The zero-order valence-electron chi connectivity index (χ0n) is 13.9. The van der Waals surface area contributed by atoms with Crippen molar-refractivity contribution in [3.63, 3.8) is 0 Å². The average Bonchev–Trinajstić information content (AvgIpc) is 2.63. The monoisotopic (exact) mass is 388 g/mol. The molecular formula is C21H15ClF2OS. The van der Waals surface area contributed by atoms with E-state index in [0.717, 1.165) is 16.0 Å².